The molecule has 1 N–H and O–H groups in total. The molecule has 3 nitrogen and oxygen atoms in total. The molecular weight excluding hydrogens is 294 g/mol. The minimum Gasteiger partial charge on any atom is -0.207 e. The number of nitrogens with one attached hydrogen (secondary N) is 1. The fourth-order valence-electron chi connectivity index (χ4n) is 2.10. The van der Waals surface area contributed by atoms with Crippen LogP contribution in [-0.4, -0.2) is 8.42 Å². The molecule has 22 heavy (non-hydrogen) atoms. The molecule has 2 aromatic rings. The summed E-state index contributed by atoms with van der Waals surface area (Å²) in [7, 11) is -3.46. The lowest BCUT2D eigenvalue weighted by Gasteiger charge is -2.19. The van der Waals surface area contributed by atoms with Crippen molar-refractivity contribution in [1.29, 1.82) is 0 Å². The second-order valence-electron chi connectivity index (χ2n) is 6.58. The highest BCUT2D eigenvalue weighted by Crippen LogP contribution is 2.22. The number of sulfonamides is 1. The fraction of sp³-hybridized carbons (Fsp3) is 0.333. The molecule has 0 aliphatic heterocycles. The molecule has 0 unspecified atom stereocenters. The van der Waals surface area contributed by atoms with Crippen molar-refractivity contribution in [2.24, 2.45) is 0 Å². The molecule has 0 radical (unpaired) electrons. The fourth-order valence-corrected chi connectivity index (χ4v) is 3.12. The number of benzene rings is 2. The van der Waals surface area contributed by atoms with Crippen LogP contribution in [0.25, 0.3) is 0 Å². The van der Waals surface area contributed by atoms with E-state index in [1.54, 1.807) is 24.3 Å². The third-order valence-corrected chi connectivity index (χ3v) is 5.03. The van der Waals surface area contributed by atoms with Crippen molar-refractivity contribution in [2.75, 3.05) is 0 Å². The summed E-state index contributed by atoms with van der Waals surface area (Å²) in [5.41, 5.74) is 3.32. The average molecular weight is 317 g/mol. The molecule has 0 saturated carbocycles. The lowest BCUT2D eigenvalue weighted by atomic mass is 9.87. The summed E-state index contributed by atoms with van der Waals surface area (Å²) in [5, 5.41) is 0. The van der Waals surface area contributed by atoms with E-state index in [0.717, 1.165) is 11.1 Å². The molecule has 0 amide bonds. The molecule has 2 rings (SSSR count). The lowest BCUT2D eigenvalue weighted by Crippen LogP contribution is -2.23. The van der Waals surface area contributed by atoms with Crippen LogP contribution in [0, 0.1) is 6.92 Å². The zero-order valence-corrected chi connectivity index (χ0v) is 14.4. The van der Waals surface area contributed by atoms with Gasteiger partial charge in [0.15, 0.2) is 0 Å². The smallest absolute Gasteiger partial charge is 0.207 e. The quantitative estimate of drug-likeness (QED) is 0.933. The highest BCUT2D eigenvalue weighted by molar-refractivity contribution is 7.89. The van der Waals surface area contributed by atoms with E-state index in [1.807, 2.05) is 19.1 Å². The van der Waals surface area contributed by atoms with Crippen molar-refractivity contribution in [3.05, 3.63) is 65.2 Å². The maximum atomic E-state index is 12.2. The average Bonchev–Trinajstić information content (AvgIpc) is 2.45. The van der Waals surface area contributed by atoms with E-state index in [-0.39, 0.29) is 5.41 Å². The SMILES string of the molecule is Cc1ccc(S(=O)(=O)NCc2ccc(C(C)(C)C)cc2)cc1. The molecule has 0 fully saturated rings. The van der Waals surface area contributed by atoms with Crippen molar-refractivity contribution in [2.45, 2.75) is 44.6 Å². The Morgan fingerprint density at radius 2 is 1.45 bits per heavy atom. The molecule has 0 atom stereocenters. The van der Waals surface area contributed by atoms with Crippen LogP contribution in [-0.2, 0) is 22.0 Å². The minimum atomic E-state index is -3.46. The number of hydrogen-bond donors (Lipinski definition) is 1. The third-order valence-electron chi connectivity index (χ3n) is 3.62. The Hall–Kier alpha value is -1.65. The van der Waals surface area contributed by atoms with E-state index in [0.29, 0.717) is 11.4 Å². The van der Waals surface area contributed by atoms with Gasteiger partial charge in [0.05, 0.1) is 4.90 Å². The Labute approximate surface area is 133 Å². The number of rotatable bonds is 4. The van der Waals surface area contributed by atoms with Crippen molar-refractivity contribution in [3.63, 3.8) is 0 Å². The van der Waals surface area contributed by atoms with Crippen LogP contribution in [0.4, 0.5) is 0 Å². The monoisotopic (exact) mass is 317 g/mol. The predicted octanol–water partition coefficient (Wildman–Crippen LogP) is 3.77. The Bertz CT molecular complexity index is 724. The van der Waals surface area contributed by atoms with E-state index in [9.17, 15) is 8.42 Å². The van der Waals surface area contributed by atoms with Gasteiger partial charge in [-0.25, -0.2) is 13.1 Å². The van der Waals surface area contributed by atoms with Gasteiger partial charge in [-0.3, -0.25) is 0 Å². The number of hydrogen-bond acceptors (Lipinski definition) is 2. The van der Waals surface area contributed by atoms with Gasteiger partial charge >= 0.3 is 0 Å². The van der Waals surface area contributed by atoms with Gasteiger partial charge in [-0.2, -0.15) is 0 Å². The zero-order valence-electron chi connectivity index (χ0n) is 13.6. The molecule has 2 aromatic carbocycles. The summed E-state index contributed by atoms with van der Waals surface area (Å²) in [5.74, 6) is 0. The van der Waals surface area contributed by atoms with Gasteiger partial charge in [0.1, 0.15) is 0 Å². The second kappa shape index (κ2) is 6.23. The molecule has 0 aliphatic carbocycles. The van der Waals surface area contributed by atoms with E-state index in [2.05, 4.69) is 37.6 Å². The first kappa shape index (κ1) is 16.7. The molecule has 0 heterocycles. The van der Waals surface area contributed by atoms with E-state index < -0.39 is 10.0 Å². The molecule has 0 aliphatic rings. The molecule has 0 aromatic heterocycles. The lowest BCUT2D eigenvalue weighted by molar-refractivity contribution is 0.580. The van der Waals surface area contributed by atoms with Crippen molar-refractivity contribution < 1.29 is 8.42 Å². The summed E-state index contributed by atoms with van der Waals surface area (Å²) in [4.78, 5) is 0.296. The van der Waals surface area contributed by atoms with Crippen molar-refractivity contribution in [3.8, 4) is 0 Å². The van der Waals surface area contributed by atoms with Gasteiger partial charge < -0.3 is 0 Å². The summed E-state index contributed by atoms with van der Waals surface area (Å²) < 4.78 is 27.1. The molecular formula is C18H23NO2S. The third kappa shape index (κ3) is 4.18. The topological polar surface area (TPSA) is 46.2 Å². The molecule has 118 valence electrons. The Balaban J connectivity index is 2.07. The summed E-state index contributed by atoms with van der Waals surface area (Å²) in [6, 6.07) is 14.9. The van der Waals surface area contributed by atoms with Crippen LogP contribution in [0.1, 0.15) is 37.5 Å². The first-order valence-corrected chi connectivity index (χ1v) is 8.82. The Morgan fingerprint density at radius 1 is 0.909 bits per heavy atom. The van der Waals surface area contributed by atoms with Gasteiger partial charge in [0, 0.05) is 6.54 Å². The van der Waals surface area contributed by atoms with Crippen molar-refractivity contribution in [1.82, 2.24) is 4.72 Å². The van der Waals surface area contributed by atoms with E-state index in [4.69, 9.17) is 0 Å². The molecule has 0 spiro atoms. The zero-order chi connectivity index (χ0) is 16.4. The normalized spacial score (nSPS) is 12.4. The molecule has 0 saturated heterocycles. The van der Waals surface area contributed by atoms with Gasteiger partial charge in [0.2, 0.25) is 10.0 Å². The highest BCUT2D eigenvalue weighted by atomic mass is 32.2. The van der Waals surface area contributed by atoms with Crippen LogP contribution >= 0.6 is 0 Å². The Morgan fingerprint density at radius 3 is 1.95 bits per heavy atom. The first-order valence-electron chi connectivity index (χ1n) is 7.34. The first-order chi connectivity index (χ1) is 10.2. The van der Waals surface area contributed by atoms with Gasteiger partial charge in [-0.15, -0.1) is 0 Å². The standard InChI is InChI=1S/C18H23NO2S/c1-14-5-11-17(12-6-14)22(20,21)19-13-15-7-9-16(10-8-15)18(2,3)4/h5-12,19H,13H2,1-4H3. The number of aryl methyl sites for hydroxylation is 1. The van der Waals surface area contributed by atoms with Crippen molar-refractivity contribution >= 4 is 10.0 Å². The summed E-state index contributed by atoms with van der Waals surface area (Å²) in [6.45, 7) is 8.69. The van der Waals surface area contributed by atoms with Gasteiger partial charge in [-0.1, -0.05) is 62.7 Å². The summed E-state index contributed by atoms with van der Waals surface area (Å²) in [6.07, 6.45) is 0. The Kier molecular flexibility index (Phi) is 4.73. The van der Waals surface area contributed by atoms with Crippen LogP contribution in [0.5, 0.6) is 0 Å². The maximum Gasteiger partial charge on any atom is 0.240 e. The summed E-state index contributed by atoms with van der Waals surface area (Å²) >= 11 is 0. The van der Waals surface area contributed by atoms with E-state index in [1.165, 1.54) is 5.56 Å². The van der Waals surface area contributed by atoms with Gasteiger partial charge in [-0.05, 0) is 35.6 Å². The van der Waals surface area contributed by atoms with Crippen LogP contribution < -0.4 is 4.72 Å². The van der Waals surface area contributed by atoms with Crippen LogP contribution in [0.2, 0.25) is 0 Å². The van der Waals surface area contributed by atoms with Crippen LogP contribution in [0.15, 0.2) is 53.4 Å². The van der Waals surface area contributed by atoms with E-state index >= 15 is 0 Å². The largest absolute Gasteiger partial charge is 0.240 e. The second-order valence-corrected chi connectivity index (χ2v) is 8.35. The van der Waals surface area contributed by atoms with Crippen LogP contribution in [0.3, 0.4) is 0 Å². The van der Waals surface area contributed by atoms with Gasteiger partial charge in [0.25, 0.3) is 0 Å². The molecule has 4 heteroatoms. The molecule has 0 bridgehead atoms. The predicted molar refractivity (Wildman–Crippen MR) is 90.3 cm³/mol. The highest BCUT2D eigenvalue weighted by Gasteiger charge is 2.15. The minimum absolute atomic E-state index is 0.0972. The maximum absolute atomic E-state index is 12.2.